The smallest absolute Gasteiger partial charge is 0.302 e. The van der Waals surface area contributed by atoms with E-state index in [0.717, 1.165) is 31.1 Å². The summed E-state index contributed by atoms with van der Waals surface area (Å²) in [7, 11) is 0. The third-order valence-corrected chi connectivity index (χ3v) is 12.2. The molecule has 0 aromatic carbocycles. The van der Waals surface area contributed by atoms with E-state index in [4.69, 9.17) is 4.74 Å². The first-order chi connectivity index (χ1) is 13.0. The van der Waals surface area contributed by atoms with Gasteiger partial charge < -0.3 is 4.74 Å². The first kappa shape index (κ1) is 20.9. The number of carbonyl (C=O) groups is 2. The minimum atomic E-state index is -0.347. The zero-order valence-corrected chi connectivity index (χ0v) is 19.8. The molecule has 0 radical (unpaired) electrons. The molecule has 0 aromatic heterocycles. The predicted molar refractivity (Wildman–Crippen MR) is 114 cm³/mol. The molecule has 3 nitrogen and oxygen atoms in total. The standard InChI is InChI=1S/C24H37BrO3/c1-14-12-21-19-7-6-17-13-18(28-16(3)27)8-10-22(17,4)20(19)9-11-23(21,5)24(14,25)15(2)26/h14,17-21H,6-13H2,1-5H3/t14-,17+,18-,19-,20+,21+,22+,23+,24+/m1/s1. The highest BCUT2D eigenvalue weighted by Crippen LogP contribution is 2.71. The molecule has 0 amide bonds. The number of rotatable bonds is 2. The molecule has 0 spiro atoms. The van der Waals surface area contributed by atoms with Gasteiger partial charge in [-0.15, -0.1) is 0 Å². The average molecular weight is 453 g/mol. The largest absolute Gasteiger partial charge is 0.463 e. The van der Waals surface area contributed by atoms with Gasteiger partial charge >= 0.3 is 5.97 Å². The maximum absolute atomic E-state index is 12.7. The molecule has 0 saturated heterocycles. The summed E-state index contributed by atoms with van der Waals surface area (Å²) in [6.07, 6.45) is 9.50. The number of ether oxygens (including phenoxy) is 1. The predicted octanol–water partition coefficient (Wildman–Crippen LogP) is 5.93. The fourth-order valence-corrected chi connectivity index (χ4v) is 9.30. The van der Waals surface area contributed by atoms with Crippen LogP contribution in [-0.2, 0) is 14.3 Å². The van der Waals surface area contributed by atoms with Gasteiger partial charge in [0.15, 0.2) is 0 Å². The molecular weight excluding hydrogens is 416 g/mol. The highest BCUT2D eigenvalue weighted by molar-refractivity contribution is 9.10. The number of Topliss-reactive ketones (excluding diaryl/α,β-unsaturated/α-hetero) is 1. The van der Waals surface area contributed by atoms with Gasteiger partial charge in [-0.05, 0) is 98.7 Å². The fourth-order valence-electron chi connectivity index (χ4n) is 8.62. The van der Waals surface area contributed by atoms with Gasteiger partial charge in [0.2, 0.25) is 0 Å². The van der Waals surface area contributed by atoms with E-state index >= 15 is 0 Å². The molecule has 4 aliphatic rings. The second-order valence-electron chi connectivity index (χ2n) is 11.0. The highest BCUT2D eigenvalue weighted by atomic mass is 79.9. The van der Waals surface area contributed by atoms with E-state index in [0.29, 0.717) is 29.0 Å². The SMILES string of the molecule is CC(=O)O[C@@H]1CC[C@@]2(C)[C@@H](CC[C@@H]3[C@@H]2CC[C@@]2(C)[C@H]3C[C@@H](C)[C@]2(Br)C(C)=O)C1. The molecule has 4 saturated carbocycles. The van der Waals surface area contributed by atoms with Crippen LogP contribution in [0.1, 0.15) is 86.0 Å². The van der Waals surface area contributed by atoms with Crippen molar-refractivity contribution in [3.05, 3.63) is 0 Å². The van der Waals surface area contributed by atoms with Gasteiger partial charge in [0.05, 0.1) is 4.32 Å². The lowest BCUT2D eigenvalue weighted by Crippen LogP contribution is -2.57. The summed E-state index contributed by atoms with van der Waals surface area (Å²) in [5.41, 5.74) is 0.454. The number of hydrogen-bond acceptors (Lipinski definition) is 3. The van der Waals surface area contributed by atoms with Crippen molar-refractivity contribution in [2.45, 2.75) is 96.4 Å². The van der Waals surface area contributed by atoms with Crippen LogP contribution in [0.15, 0.2) is 0 Å². The Morgan fingerprint density at radius 1 is 0.964 bits per heavy atom. The normalized spacial score (nSPS) is 52.9. The summed E-state index contributed by atoms with van der Waals surface area (Å²) in [6, 6.07) is 0. The van der Waals surface area contributed by atoms with Crippen molar-refractivity contribution in [2.75, 3.05) is 0 Å². The van der Waals surface area contributed by atoms with Crippen molar-refractivity contribution in [1.82, 2.24) is 0 Å². The first-order valence-corrected chi connectivity index (χ1v) is 12.2. The molecular formula is C24H37BrO3. The summed E-state index contributed by atoms with van der Waals surface area (Å²) in [5.74, 6) is 3.43. The maximum Gasteiger partial charge on any atom is 0.302 e. The van der Waals surface area contributed by atoms with Gasteiger partial charge in [-0.2, -0.15) is 0 Å². The van der Waals surface area contributed by atoms with Crippen LogP contribution in [0, 0.1) is 40.4 Å². The molecule has 4 aliphatic carbocycles. The van der Waals surface area contributed by atoms with Crippen LogP contribution in [0.25, 0.3) is 0 Å². The molecule has 158 valence electrons. The average Bonchev–Trinajstić information content (AvgIpc) is 2.83. The van der Waals surface area contributed by atoms with Gasteiger partial charge in [-0.1, -0.05) is 36.7 Å². The van der Waals surface area contributed by atoms with E-state index in [2.05, 4.69) is 36.7 Å². The minimum Gasteiger partial charge on any atom is -0.463 e. The molecule has 0 aromatic rings. The number of esters is 1. The van der Waals surface area contributed by atoms with Crippen molar-refractivity contribution in [3.8, 4) is 0 Å². The molecule has 28 heavy (non-hydrogen) atoms. The number of halogens is 1. The summed E-state index contributed by atoms with van der Waals surface area (Å²) < 4.78 is 5.24. The molecule has 0 heterocycles. The van der Waals surface area contributed by atoms with Crippen LogP contribution in [0.3, 0.4) is 0 Å². The van der Waals surface area contributed by atoms with E-state index in [1.807, 2.05) is 0 Å². The van der Waals surface area contributed by atoms with Crippen LogP contribution >= 0.6 is 15.9 Å². The second kappa shape index (κ2) is 6.82. The Balaban J connectivity index is 1.59. The van der Waals surface area contributed by atoms with Crippen LogP contribution in [0.2, 0.25) is 0 Å². The Hall–Kier alpha value is -0.380. The Labute approximate surface area is 178 Å². The number of fused-ring (bicyclic) bond motifs is 5. The third kappa shape index (κ3) is 2.72. The molecule has 4 heteroatoms. The lowest BCUT2D eigenvalue weighted by atomic mass is 9.44. The van der Waals surface area contributed by atoms with E-state index in [1.54, 1.807) is 6.92 Å². The summed E-state index contributed by atoms with van der Waals surface area (Å²) in [6.45, 7) is 10.5. The molecule has 9 atom stereocenters. The van der Waals surface area contributed by atoms with Crippen LogP contribution in [0.5, 0.6) is 0 Å². The second-order valence-corrected chi connectivity index (χ2v) is 12.3. The van der Waals surface area contributed by atoms with Gasteiger partial charge in [0.1, 0.15) is 11.9 Å². The summed E-state index contributed by atoms with van der Waals surface area (Å²) in [5, 5.41) is 0. The third-order valence-electron chi connectivity index (χ3n) is 9.97. The molecule has 0 bridgehead atoms. The quantitative estimate of drug-likeness (QED) is 0.385. The van der Waals surface area contributed by atoms with Crippen molar-refractivity contribution in [2.24, 2.45) is 40.4 Å². The van der Waals surface area contributed by atoms with Crippen LogP contribution in [0.4, 0.5) is 0 Å². The van der Waals surface area contributed by atoms with Crippen molar-refractivity contribution < 1.29 is 14.3 Å². The lowest BCUT2D eigenvalue weighted by molar-refractivity contribution is -0.160. The van der Waals surface area contributed by atoms with Crippen LogP contribution < -0.4 is 0 Å². The minimum absolute atomic E-state index is 0.0809. The Morgan fingerprint density at radius 3 is 2.32 bits per heavy atom. The van der Waals surface area contributed by atoms with Crippen molar-refractivity contribution in [1.29, 1.82) is 0 Å². The van der Waals surface area contributed by atoms with Gasteiger partial charge in [-0.3, -0.25) is 9.59 Å². The first-order valence-electron chi connectivity index (χ1n) is 11.4. The summed E-state index contributed by atoms with van der Waals surface area (Å²) in [4.78, 5) is 24.2. The Bertz CT molecular complexity index is 677. The highest BCUT2D eigenvalue weighted by Gasteiger charge is 2.68. The van der Waals surface area contributed by atoms with Crippen molar-refractivity contribution in [3.63, 3.8) is 0 Å². The number of hydrogen-bond donors (Lipinski definition) is 0. The van der Waals surface area contributed by atoms with Crippen LogP contribution in [-0.4, -0.2) is 22.2 Å². The summed E-state index contributed by atoms with van der Waals surface area (Å²) >= 11 is 4.01. The number of ketones is 1. The molecule has 4 fully saturated rings. The zero-order valence-electron chi connectivity index (χ0n) is 18.2. The Kier molecular flexibility index (Phi) is 5.08. The zero-order chi connectivity index (χ0) is 20.5. The Morgan fingerprint density at radius 2 is 1.68 bits per heavy atom. The number of carbonyl (C=O) groups excluding carboxylic acids is 2. The lowest BCUT2D eigenvalue weighted by Gasteiger charge is -2.61. The fraction of sp³-hybridized carbons (Fsp3) is 0.917. The van der Waals surface area contributed by atoms with E-state index in [1.165, 1.54) is 39.0 Å². The van der Waals surface area contributed by atoms with Gasteiger partial charge in [-0.25, -0.2) is 0 Å². The monoisotopic (exact) mass is 452 g/mol. The molecule has 0 N–H and O–H groups in total. The molecule has 4 rings (SSSR count). The van der Waals surface area contributed by atoms with E-state index < -0.39 is 0 Å². The molecule has 0 unspecified atom stereocenters. The van der Waals surface area contributed by atoms with Crippen molar-refractivity contribution >= 4 is 27.7 Å². The van der Waals surface area contributed by atoms with Gasteiger partial charge in [0.25, 0.3) is 0 Å². The van der Waals surface area contributed by atoms with E-state index in [9.17, 15) is 9.59 Å². The van der Waals surface area contributed by atoms with E-state index in [-0.39, 0.29) is 21.8 Å². The molecule has 0 aliphatic heterocycles. The topological polar surface area (TPSA) is 43.4 Å². The maximum atomic E-state index is 12.7. The van der Waals surface area contributed by atoms with Gasteiger partial charge in [0, 0.05) is 6.92 Å². The number of alkyl halides is 1.